The van der Waals surface area contributed by atoms with Crippen molar-refractivity contribution < 1.29 is 14.3 Å². The highest BCUT2D eigenvalue weighted by atomic mass is 32.2. The van der Waals surface area contributed by atoms with Crippen molar-refractivity contribution in [2.75, 3.05) is 5.75 Å². The second kappa shape index (κ2) is 6.26. The summed E-state index contributed by atoms with van der Waals surface area (Å²) in [6.07, 6.45) is 1.98. The molecule has 0 aliphatic rings. The average molecular weight is 296 g/mol. The maximum Gasteiger partial charge on any atom is 0.313 e. The molecule has 20 heavy (non-hydrogen) atoms. The molecule has 1 aromatic carbocycles. The Kier molecular flexibility index (Phi) is 4.65. The molecule has 0 saturated heterocycles. The Hall–Kier alpha value is -1.56. The first kappa shape index (κ1) is 14.8. The molecule has 0 spiro atoms. The van der Waals surface area contributed by atoms with Gasteiger partial charge in [-0.3, -0.25) is 4.79 Å². The van der Waals surface area contributed by atoms with E-state index in [9.17, 15) is 9.18 Å². The molecular formula is C14H17FN2O2S. The number of rotatable bonds is 6. The van der Waals surface area contributed by atoms with Crippen molar-refractivity contribution in [3.8, 4) is 0 Å². The summed E-state index contributed by atoms with van der Waals surface area (Å²) in [5, 5.41) is 9.44. The zero-order valence-corrected chi connectivity index (χ0v) is 12.3. The van der Waals surface area contributed by atoms with Gasteiger partial charge in [0.1, 0.15) is 5.82 Å². The van der Waals surface area contributed by atoms with Gasteiger partial charge in [-0.25, -0.2) is 9.37 Å². The van der Waals surface area contributed by atoms with E-state index in [2.05, 4.69) is 18.8 Å². The minimum atomic E-state index is -0.886. The highest BCUT2D eigenvalue weighted by molar-refractivity contribution is 7.99. The van der Waals surface area contributed by atoms with Crippen molar-refractivity contribution in [2.24, 2.45) is 0 Å². The number of aliphatic carboxylic acids is 1. The normalized spacial score (nSPS) is 12.8. The van der Waals surface area contributed by atoms with Gasteiger partial charge < -0.3 is 9.67 Å². The first-order chi connectivity index (χ1) is 9.52. The van der Waals surface area contributed by atoms with Crippen LogP contribution in [-0.2, 0) is 4.79 Å². The topological polar surface area (TPSA) is 55.1 Å². The fourth-order valence-electron chi connectivity index (χ4n) is 2.25. The third-order valence-electron chi connectivity index (χ3n) is 3.09. The molecule has 6 heteroatoms. The zero-order valence-electron chi connectivity index (χ0n) is 11.5. The Balaban J connectivity index is 2.47. The van der Waals surface area contributed by atoms with Gasteiger partial charge >= 0.3 is 5.97 Å². The van der Waals surface area contributed by atoms with Crippen LogP contribution in [0.3, 0.4) is 0 Å². The van der Waals surface area contributed by atoms with E-state index in [4.69, 9.17) is 5.11 Å². The molecule has 2 aromatic rings. The number of nitrogens with zero attached hydrogens (tertiary/aromatic N) is 2. The monoisotopic (exact) mass is 296 g/mol. The van der Waals surface area contributed by atoms with Crippen LogP contribution in [0.4, 0.5) is 4.39 Å². The van der Waals surface area contributed by atoms with Gasteiger partial charge in [-0.2, -0.15) is 0 Å². The number of imidazole rings is 1. The minimum absolute atomic E-state index is 0.0509. The lowest BCUT2D eigenvalue weighted by Crippen LogP contribution is -2.08. The van der Waals surface area contributed by atoms with Crippen LogP contribution >= 0.6 is 11.8 Å². The number of hydrogen-bond acceptors (Lipinski definition) is 3. The van der Waals surface area contributed by atoms with Crippen molar-refractivity contribution in [2.45, 2.75) is 37.9 Å². The van der Waals surface area contributed by atoms with E-state index in [0.717, 1.165) is 18.4 Å². The van der Waals surface area contributed by atoms with Gasteiger partial charge in [-0.15, -0.1) is 0 Å². The van der Waals surface area contributed by atoms with E-state index in [1.807, 2.05) is 4.57 Å². The molecule has 4 nitrogen and oxygen atoms in total. The molecule has 0 radical (unpaired) electrons. The third-order valence-corrected chi connectivity index (χ3v) is 4.03. The van der Waals surface area contributed by atoms with Crippen LogP contribution in [0.1, 0.15) is 32.7 Å². The summed E-state index contributed by atoms with van der Waals surface area (Å²) < 4.78 is 15.3. The molecule has 1 unspecified atom stereocenters. The van der Waals surface area contributed by atoms with Crippen LogP contribution in [-0.4, -0.2) is 26.4 Å². The van der Waals surface area contributed by atoms with E-state index in [0.29, 0.717) is 10.7 Å². The van der Waals surface area contributed by atoms with Crippen LogP contribution < -0.4 is 0 Å². The van der Waals surface area contributed by atoms with E-state index < -0.39 is 5.97 Å². The lowest BCUT2D eigenvalue weighted by atomic mass is 10.2. The molecule has 108 valence electrons. The summed E-state index contributed by atoms with van der Waals surface area (Å²) in [4.78, 5) is 15.1. The molecule has 1 aromatic heterocycles. The third kappa shape index (κ3) is 3.12. The average Bonchev–Trinajstić information content (AvgIpc) is 2.74. The smallest absolute Gasteiger partial charge is 0.313 e. The van der Waals surface area contributed by atoms with Crippen LogP contribution in [0.2, 0.25) is 0 Å². The largest absolute Gasteiger partial charge is 0.481 e. The fraction of sp³-hybridized carbons (Fsp3) is 0.429. The molecule has 0 amide bonds. The van der Waals surface area contributed by atoms with Crippen molar-refractivity contribution in [1.82, 2.24) is 9.55 Å². The fourth-order valence-corrected chi connectivity index (χ4v) is 3.08. The SMILES string of the molecule is CCCC(C)n1c(SCC(=O)O)nc2cc(F)ccc21. The maximum atomic E-state index is 13.3. The molecular weight excluding hydrogens is 279 g/mol. The van der Waals surface area contributed by atoms with Gasteiger partial charge in [0.2, 0.25) is 0 Å². The Morgan fingerprint density at radius 1 is 1.55 bits per heavy atom. The maximum absolute atomic E-state index is 13.3. The van der Waals surface area contributed by atoms with Gasteiger partial charge in [-0.1, -0.05) is 25.1 Å². The second-order valence-corrected chi connectivity index (χ2v) is 5.66. The number of carboxylic acids is 1. The Morgan fingerprint density at radius 2 is 2.30 bits per heavy atom. The summed E-state index contributed by atoms with van der Waals surface area (Å²) in [6, 6.07) is 4.70. The lowest BCUT2D eigenvalue weighted by molar-refractivity contribution is -0.133. The summed E-state index contributed by atoms with van der Waals surface area (Å²) in [7, 11) is 0. The molecule has 1 N–H and O–H groups in total. The van der Waals surface area contributed by atoms with Crippen molar-refractivity contribution >= 4 is 28.8 Å². The summed E-state index contributed by atoms with van der Waals surface area (Å²) >= 11 is 1.17. The quantitative estimate of drug-likeness (QED) is 0.826. The highest BCUT2D eigenvalue weighted by Gasteiger charge is 2.17. The van der Waals surface area contributed by atoms with Crippen molar-refractivity contribution in [1.29, 1.82) is 0 Å². The Labute approximate surface area is 121 Å². The number of thioether (sulfide) groups is 1. The number of hydrogen-bond donors (Lipinski definition) is 1. The standard InChI is InChI=1S/C14H17FN2O2S/c1-3-4-9(2)17-12-6-5-10(15)7-11(12)16-14(17)20-8-13(18)19/h5-7,9H,3-4,8H2,1-2H3,(H,18,19). The number of halogens is 1. The minimum Gasteiger partial charge on any atom is -0.481 e. The summed E-state index contributed by atoms with van der Waals surface area (Å²) in [5.74, 6) is -1.27. The molecule has 0 aliphatic carbocycles. The van der Waals surface area contributed by atoms with E-state index >= 15 is 0 Å². The number of carbonyl (C=O) groups is 1. The Bertz CT molecular complexity index is 627. The number of aromatic nitrogens is 2. The van der Waals surface area contributed by atoms with Crippen LogP contribution in [0.5, 0.6) is 0 Å². The van der Waals surface area contributed by atoms with Gasteiger partial charge in [0.25, 0.3) is 0 Å². The molecule has 2 rings (SSSR count). The van der Waals surface area contributed by atoms with Crippen LogP contribution in [0.25, 0.3) is 11.0 Å². The van der Waals surface area contributed by atoms with Crippen LogP contribution in [0, 0.1) is 5.82 Å². The highest BCUT2D eigenvalue weighted by Crippen LogP contribution is 2.30. The lowest BCUT2D eigenvalue weighted by Gasteiger charge is -2.16. The van der Waals surface area contributed by atoms with Gasteiger partial charge in [0.05, 0.1) is 16.8 Å². The summed E-state index contributed by atoms with van der Waals surface area (Å²) in [6.45, 7) is 4.16. The second-order valence-electron chi connectivity index (χ2n) is 4.72. The predicted molar refractivity (Wildman–Crippen MR) is 77.7 cm³/mol. The predicted octanol–water partition coefficient (Wildman–Crippen LogP) is 3.71. The van der Waals surface area contributed by atoms with E-state index in [1.165, 1.54) is 23.9 Å². The molecule has 0 aliphatic heterocycles. The molecule has 1 atom stereocenters. The molecule has 1 heterocycles. The van der Waals surface area contributed by atoms with Crippen LogP contribution in [0.15, 0.2) is 23.4 Å². The molecule has 0 fully saturated rings. The molecule has 0 saturated carbocycles. The Morgan fingerprint density at radius 3 is 2.95 bits per heavy atom. The van der Waals surface area contributed by atoms with E-state index in [1.54, 1.807) is 6.07 Å². The first-order valence-electron chi connectivity index (χ1n) is 6.55. The number of carboxylic acid groups (broad SMARTS) is 1. The first-order valence-corrected chi connectivity index (χ1v) is 7.53. The van der Waals surface area contributed by atoms with E-state index in [-0.39, 0.29) is 17.6 Å². The van der Waals surface area contributed by atoms with Crippen molar-refractivity contribution in [3.63, 3.8) is 0 Å². The van der Waals surface area contributed by atoms with Gasteiger partial charge in [0, 0.05) is 12.1 Å². The van der Waals surface area contributed by atoms with Crippen molar-refractivity contribution in [3.05, 3.63) is 24.0 Å². The zero-order chi connectivity index (χ0) is 14.7. The molecule has 0 bridgehead atoms. The summed E-state index contributed by atoms with van der Waals surface area (Å²) in [5.41, 5.74) is 1.42. The van der Waals surface area contributed by atoms with Gasteiger partial charge in [0.15, 0.2) is 5.16 Å². The van der Waals surface area contributed by atoms with Gasteiger partial charge in [-0.05, 0) is 25.5 Å². The number of benzene rings is 1. The number of fused-ring (bicyclic) bond motifs is 1.